The largest absolute Gasteiger partial charge is 0.478 e. The van der Waals surface area contributed by atoms with Crippen LogP contribution in [0.4, 0.5) is 0 Å². The lowest BCUT2D eigenvalue weighted by Crippen LogP contribution is -2.09. The first-order valence-corrected chi connectivity index (χ1v) is 3.76. The molecule has 0 saturated carbocycles. The van der Waals surface area contributed by atoms with E-state index in [0.717, 1.165) is 6.20 Å². The molecule has 13 heavy (non-hydrogen) atoms. The van der Waals surface area contributed by atoms with Gasteiger partial charge in [0.25, 0.3) is 0 Å². The van der Waals surface area contributed by atoms with Gasteiger partial charge < -0.3 is 10.1 Å². The summed E-state index contributed by atoms with van der Waals surface area (Å²) >= 11 is 4.65. The van der Waals surface area contributed by atoms with Crippen LogP contribution in [0.5, 0.6) is 0 Å². The van der Waals surface area contributed by atoms with Gasteiger partial charge >= 0.3 is 5.97 Å². The van der Waals surface area contributed by atoms with Crippen molar-refractivity contribution in [3.05, 3.63) is 22.2 Å². The number of H-pyrrole nitrogens is 1. The van der Waals surface area contributed by atoms with Crippen LogP contribution in [0.25, 0.3) is 0 Å². The molecule has 0 aliphatic rings. The van der Waals surface area contributed by atoms with E-state index >= 15 is 0 Å². The lowest BCUT2D eigenvalue weighted by molar-refractivity contribution is 0.0691. The standard InChI is InChI=1S/C7H6N2O3S/c1-3(10)5-4(6(11)12)2-8-7(13)9-5/h2H,1H3,(H,11,12)(H,8,9,13). The monoisotopic (exact) mass is 198 g/mol. The van der Waals surface area contributed by atoms with E-state index in [-0.39, 0.29) is 21.8 Å². The van der Waals surface area contributed by atoms with Gasteiger partial charge in [0.1, 0.15) is 5.56 Å². The fourth-order valence-electron chi connectivity index (χ4n) is 0.834. The number of Topliss-reactive ketones (excluding diaryl/α,β-unsaturated/α-hetero) is 1. The minimum Gasteiger partial charge on any atom is -0.478 e. The maximum atomic E-state index is 11.0. The first kappa shape index (κ1) is 9.53. The van der Waals surface area contributed by atoms with Crippen LogP contribution in [0.2, 0.25) is 0 Å². The number of hydrogen-bond donors (Lipinski definition) is 2. The van der Waals surface area contributed by atoms with Crippen LogP contribution >= 0.6 is 12.2 Å². The molecule has 6 heteroatoms. The van der Waals surface area contributed by atoms with Crippen molar-refractivity contribution in [1.82, 2.24) is 9.97 Å². The molecule has 0 aliphatic heterocycles. The van der Waals surface area contributed by atoms with Crippen molar-refractivity contribution in [2.45, 2.75) is 6.92 Å². The van der Waals surface area contributed by atoms with Gasteiger partial charge in [-0.1, -0.05) is 0 Å². The lowest BCUT2D eigenvalue weighted by Gasteiger charge is -2.00. The van der Waals surface area contributed by atoms with E-state index < -0.39 is 5.97 Å². The molecule has 1 aromatic heterocycles. The molecule has 0 saturated heterocycles. The molecule has 68 valence electrons. The number of aromatic nitrogens is 2. The predicted octanol–water partition coefficient (Wildman–Crippen LogP) is 1.04. The number of hydrogen-bond acceptors (Lipinski definition) is 4. The van der Waals surface area contributed by atoms with Gasteiger partial charge in [0.2, 0.25) is 0 Å². The Labute approximate surface area is 78.4 Å². The Morgan fingerprint density at radius 2 is 2.23 bits per heavy atom. The molecule has 0 radical (unpaired) electrons. The van der Waals surface area contributed by atoms with Gasteiger partial charge in [-0.2, -0.15) is 0 Å². The Balaban J connectivity index is 3.44. The summed E-state index contributed by atoms with van der Waals surface area (Å²) in [7, 11) is 0. The van der Waals surface area contributed by atoms with Crippen molar-refractivity contribution >= 4 is 24.0 Å². The summed E-state index contributed by atoms with van der Waals surface area (Å²) in [6.07, 6.45) is 1.07. The zero-order valence-corrected chi connectivity index (χ0v) is 7.51. The second kappa shape index (κ2) is 3.44. The number of aromatic carboxylic acids is 1. The molecule has 0 unspecified atom stereocenters. The number of aromatic amines is 1. The maximum Gasteiger partial charge on any atom is 0.339 e. The third kappa shape index (κ3) is 1.97. The van der Waals surface area contributed by atoms with E-state index in [2.05, 4.69) is 22.2 Å². The summed E-state index contributed by atoms with van der Waals surface area (Å²) in [6, 6.07) is 0. The van der Waals surface area contributed by atoms with Crippen molar-refractivity contribution in [3.63, 3.8) is 0 Å². The molecule has 0 aliphatic carbocycles. The predicted molar refractivity (Wildman–Crippen MR) is 46.4 cm³/mol. The molecule has 1 heterocycles. The van der Waals surface area contributed by atoms with Crippen LogP contribution in [0.15, 0.2) is 6.20 Å². The number of nitrogens with zero attached hydrogens (tertiary/aromatic N) is 1. The smallest absolute Gasteiger partial charge is 0.339 e. The Morgan fingerprint density at radius 1 is 1.62 bits per heavy atom. The van der Waals surface area contributed by atoms with Crippen LogP contribution in [0.1, 0.15) is 27.8 Å². The SMILES string of the molecule is CC(=O)c1[nH]c(=S)ncc1C(=O)O. The second-order valence-corrected chi connectivity index (χ2v) is 2.73. The quantitative estimate of drug-likeness (QED) is 0.548. The number of carboxylic acids is 1. The third-order valence-electron chi connectivity index (χ3n) is 1.39. The molecule has 0 fully saturated rings. The fourth-order valence-corrected chi connectivity index (χ4v) is 0.989. The van der Waals surface area contributed by atoms with E-state index in [1.807, 2.05) is 0 Å². The van der Waals surface area contributed by atoms with Gasteiger partial charge in [0.15, 0.2) is 10.6 Å². The fraction of sp³-hybridized carbons (Fsp3) is 0.143. The summed E-state index contributed by atoms with van der Waals surface area (Å²) < 4.78 is 0.0928. The Hall–Kier alpha value is -1.56. The highest BCUT2D eigenvalue weighted by atomic mass is 32.1. The molecule has 0 bridgehead atoms. The lowest BCUT2D eigenvalue weighted by atomic mass is 10.2. The van der Waals surface area contributed by atoms with Gasteiger partial charge in [-0.3, -0.25) is 4.79 Å². The van der Waals surface area contributed by atoms with Crippen molar-refractivity contribution in [2.24, 2.45) is 0 Å². The Morgan fingerprint density at radius 3 is 2.69 bits per heavy atom. The number of ketones is 1. The highest BCUT2D eigenvalue weighted by Crippen LogP contribution is 2.04. The van der Waals surface area contributed by atoms with Crippen LogP contribution in [0.3, 0.4) is 0 Å². The van der Waals surface area contributed by atoms with Gasteiger partial charge in [-0.25, -0.2) is 9.78 Å². The first-order valence-electron chi connectivity index (χ1n) is 3.36. The Bertz CT molecular complexity index is 424. The van der Waals surface area contributed by atoms with E-state index in [1.54, 1.807) is 0 Å². The highest BCUT2D eigenvalue weighted by Gasteiger charge is 2.13. The molecule has 1 aromatic rings. The second-order valence-electron chi connectivity index (χ2n) is 2.34. The summed E-state index contributed by atoms with van der Waals surface area (Å²) in [5, 5.41) is 8.66. The number of carboxylic acid groups (broad SMARTS) is 1. The summed E-state index contributed by atoms with van der Waals surface area (Å²) in [4.78, 5) is 27.5. The first-order chi connectivity index (χ1) is 6.02. The van der Waals surface area contributed by atoms with Crippen LogP contribution in [-0.2, 0) is 0 Å². The molecular formula is C7H6N2O3S. The van der Waals surface area contributed by atoms with E-state index in [1.165, 1.54) is 6.92 Å². The molecule has 0 aromatic carbocycles. The molecule has 5 nitrogen and oxygen atoms in total. The average molecular weight is 198 g/mol. The topological polar surface area (TPSA) is 83.0 Å². The van der Waals surface area contributed by atoms with Gasteiger partial charge in [0.05, 0.1) is 5.69 Å². The zero-order valence-electron chi connectivity index (χ0n) is 6.70. The maximum absolute atomic E-state index is 11.0. The third-order valence-corrected chi connectivity index (χ3v) is 1.60. The highest BCUT2D eigenvalue weighted by molar-refractivity contribution is 7.71. The minimum absolute atomic E-state index is 0.0208. The number of nitrogens with one attached hydrogen (secondary N) is 1. The molecule has 0 spiro atoms. The van der Waals surface area contributed by atoms with Crippen LogP contribution in [-0.4, -0.2) is 26.8 Å². The molecule has 0 atom stereocenters. The van der Waals surface area contributed by atoms with E-state index in [0.29, 0.717) is 0 Å². The molecular weight excluding hydrogens is 192 g/mol. The molecule has 0 amide bonds. The van der Waals surface area contributed by atoms with E-state index in [9.17, 15) is 9.59 Å². The van der Waals surface area contributed by atoms with Crippen molar-refractivity contribution in [2.75, 3.05) is 0 Å². The number of carbonyl (C=O) groups is 2. The van der Waals surface area contributed by atoms with Crippen LogP contribution in [0, 0.1) is 4.77 Å². The minimum atomic E-state index is -1.20. The van der Waals surface area contributed by atoms with Crippen molar-refractivity contribution in [1.29, 1.82) is 0 Å². The number of carbonyl (C=O) groups excluding carboxylic acids is 1. The molecule has 2 N–H and O–H groups in total. The molecule has 1 rings (SSSR count). The summed E-state index contributed by atoms with van der Waals surface area (Å²) in [6.45, 7) is 1.26. The summed E-state index contributed by atoms with van der Waals surface area (Å²) in [5.41, 5.74) is -0.186. The normalized spacial score (nSPS) is 9.62. The van der Waals surface area contributed by atoms with Gasteiger partial charge in [0, 0.05) is 13.1 Å². The van der Waals surface area contributed by atoms with Gasteiger partial charge in [-0.05, 0) is 12.2 Å². The van der Waals surface area contributed by atoms with Crippen molar-refractivity contribution in [3.8, 4) is 0 Å². The number of rotatable bonds is 2. The van der Waals surface area contributed by atoms with Gasteiger partial charge in [-0.15, -0.1) is 0 Å². The van der Waals surface area contributed by atoms with Crippen LogP contribution < -0.4 is 0 Å². The Kier molecular flexibility index (Phi) is 2.52. The average Bonchev–Trinajstić information content (AvgIpc) is 2.03. The summed E-state index contributed by atoms with van der Waals surface area (Å²) in [5.74, 6) is -1.59. The van der Waals surface area contributed by atoms with E-state index in [4.69, 9.17) is 5.11 Å². The zero-order chi connectivity index (χ0) is 10.0. The van der Waals surface area contributed by atoms with Crippen molar-refractivity contribution < 1.29 is 14.7 Å².